The largest absolute Gasteiger partial charge is 0.443 e. The van der Waals surface area contributed by atoms with E-state index in [1.807, 2.05) is 45.0 Å². The van der Waals surface area contributed by atoms with Crippen molar-refractivity contribution in [1.29, 1.82) is 0 Å². The molecule has 2 rings (SSSR count). The molecule has 2 aromatic rings. The van der Waals surface area contributed by atoms with Crippen molar-refractivity contribution in [3.8, 4) is 11.3 Å². The Morgan fingerprint density at radius 2 is 1.73 bits per heavy atom. The lowest BCUT2D eigenvalue weighted by atomic mass is 10.1. The molecule has 15 heavy (non-hydrogen) atoms. The standard InChI is InChI=1S/C10H8ClNO.C2H6/c1-7-10(13-6-12-7)8-2-4-9(11)5-3-8;1-2/h2-6H,1H3;1-2H3. The van der Waals surface area contributed by atoms with E-state index < -0.39 is 0 Å². The Balaban J connectivity index is 0.000000531. The minimum Gasteiger partial charge on any atom is -0.443 e. The molecule has 0 bridgehead atoms. The average molecular weight is 224 g/mol. The number of aryl methyl sites for hydroxylation is 1. The molecule has 0 unspecified atom stereocenters. The van der Waals surface area contributed by atoms with Crippen LogP contribution in [0.15, 0.2) is 35.1 Å². The van der Waals surface area contributed by atoms with E-state index in [2.05, 4.69) is 4.98 Å². The van der Waals surface area contributed by atoms with E-state index in [1.54, 1.807) is 0 Å². The summed E-state index contributed by atoms with van der Waals surface area (Å²) < 4.78 is 5.24. The zero-order chi connectivity index (χ0) is 11.3. The molecule has 0 atom stereocenters. The van der Waals surface area contributed by atoms with Gasteiger partial charge in [0.25, 0.3) is 0 Å². The maximum atomic E-state index is 5.77. The van der Waals surface area contributed by atoms with Gasteiger partial charge in [-0.2, -0.15) is 0 Å². The van der Waals surface area contributed by atoms with Gasteiger partial charge in [0, 0.05) is 10.6 Å². The van der Waals surface area contributed by atoms with Gasteiger partial charge in [0.2, 0.25) is 0 Å². The first-order chi connectivity index (χ1) is 7.27. The van der Waals surface area contributed by atoms with Crippen LogP contribution in [0, 0.1) is 6.92 Å². The topological polar surface area (TPSA) is 26.0 Å². The molecule has 0 saturated carbocycles. The fourth-order valence-corrected chi connectivity index (χ4v) is 1.31. The normalized spacial score (nSPS) is 9.33. The van der Waals surface area contributed by atoms with Crippen molar-refractivity contribution in [2.24, 2.45) is 0 Å². The van der Waals surface area contributed by atoms with Crippen molar-refractivity contribution >= 4 is 11.6 Å². The number of rotatable bonds is 1. The molecule has 1 aromatic heterocycles. The van der Waals surface area contributed by atoms with E-state index in [0.717, 1.165) is 22.0 Å². The summed E-state index contributed by atoms with van der Waals surface area (Å²) in [6.45, 7) is 5.91. The second-order valence-corrected chi connectivity index (χ2v) is 3.21. The first-order valence-corrected chi connectivity index (χ1v) is 5.31. The molecule has 0 N–H and O–H groups in total. The van der Waals surface area contributed by atoms with Gasteiger partial charge in [0.05, 0.1) is 5.69 Å². The van der Waals surface area contributed by atoms with Gasteiger partial charge in [-0.1, -0.05) is 25.4 Å². The molecule has 0 fully saturated rings. The van der Waals surface area contributed by atoms with E-state index in [9.17, 15) is 0 Å². The number of halogens is 1. The molecular formula is C12H14ClNO. The highest BCUT2D eigenvalue weighted by atomic mass is 35.5. The molecular weight excluding hydrogens is 210 g/mol. The van der Waals surface area contributed by atoms with Gasteiger partial charge in [-0.15, -0.1) is 0 Å². The van der Waals surface area contributed by atoms with E-state index in [-0.39, 0.29) is 0 Å². The van der Waals surface area contributed by atoms with Crippen LogP contribution in [0.3, 0.4) is 0 Å². The lowest BCUT2D eigenvalue weighted by Crippen LogP contribution is -1.77. The third-order valence-electron chi connectivity index (χ3n) is 1.85. The second-order valence-electron chi connectivity index (χ2n) is 2.77. The van der Waals surface area contributed by atoms with Crippen molar-refractivity contribution in [2.45, 2.75) is 20.8 Å². The van der Waals surface area contributed by atoms with Gasteiger partial charge >= 0.3 is 0 Å². The number of aromatic nitrogens is 1. The van der Waals surface area contributed by atoms with Gasteiger partial charge in [-0.05, 0) is 31.2 Å². The quantitative estimate of drug-likeness (QED) is 0.719. The highest BCUT2D eigenvalue weighted by Crippen LogP contribution is 2.23. The molecule has 0 radical (unpaired) electrons. The lowest BCUT2D eigenvalue weighted by molar-refractivity contribution is 0.571. The summed E-state index contributed by atoms with van der Waals surface area (Å²) in [6.07, 6.45) is 1.44. The molecule has 0 saturated heterocycles. The Labute approximate surface area is 94.9 Å². The number of benzene rings is 1. The zero-order valence-electron chi connectivity index (χ0n) is 9.12. The third kappa shape index (κ3) is 2.83. The third-order valence-corrected chi connectivity index (χ3v) is 2.10. The number of hydrogen-bond donors (Lipinski definition) is 0. The Bertz CT molecular complexity index is 406. The Morgan fingerprint density at radius 1 is 1.13 bits per heavy atom. The molecule has 0 amide bonds. The summed E-state index contributed by atoms with van der Waals surface area (Å²) in [7, 11) is 0. The Hall–Kier alpha value is -1.28. The van der Waals surface area contributed by atoms with Crippen LogP contribution in [-0.2, 0) is 0 Å². The molecule has 0 aliphatic carbocycles. The van der Waals surface area contributed by atoms with E-state index in [0.29, 0.717) is 0 Å². The van der Waals surface area contributed by atoms with Crippen molar-refractivity contribution in [2.75, 3.05) is 0 Å². The summed E-state index contributed by atoms with van der Waals surface area (Å²) in [4.78, 5) is 4.02. The highest BCUT2D eigenvalue weighted by Gasteiger charge is 2.05. The summed E-state index contributed by atoms with van der Waals surface area (Å²) in [5.41, 5.74) is 1.89. The fraction of sp³-hybridized carbons (Fsp3) is 0.250. The van der Waals surface area contributed by atoms with Crippen LogP contribution in [0.2, 0.25) is 5.02 Å². The summed E-state index contributed by atoms with van der Waals surface area (Å²) >= 11 is 5.77. The number of oxazole rings is 1. The van der Waals surface area contributed by atoms with Crippen molar-refractivity contribution in [3.63, 3.8) is 0 Å². The first-order valence-electron chi connectivity index (χ1n) is 4.93. The first kappa shape index (κ1) is 11.8. The summed E-state index contributed by atoms with van der Waals surface area (Å²) in [6, 6.07) is 7.49. The Kier molecular flexibility index (Phi) is 4.37. The summed E-state index contributed by atoms with van der Waals surface area (Å²) in [5.74, 6) is 0.802. The van der Waals surface area contributed by atoms with Crippen molar-refractivity contribution in [3.05, 3.63) is 41.4 Å². The van der Waals surface area contributed by atoms with Gasteiger partial charge in [-0.25, -0.2) is 4.98 Å². The van der Waals surface area contributed by atoms with E-state index in [1.165, 1.54) is 6.39 Å². The van der Waals surface area contributed by atoms with Gasteiger partial charge < -0.3 is 4.42 Å². The predicted octanol–water partition coefficient (Wildman–Crippen LogP) is 4.33. The smallest absolute Gasteiger partial charge is 0.181 e. The van der Waals surface area contributed by atoms with Crippen LogP contribution in [0.25, 0.3) is 11.3 Å². The number of nitrogens with zero attached hydrogens (tertiary/aromatic N) is 1. The molecule has 1 heterocycles. The number of hydrogen-bond acceptors (Lipinski definition) is 2. The lowest BCUT2D eigenvalue weighted by Gasteiger charge is -1.96. The molecule has 0 aliphatic heterocycles. The van der Waals surface area contributed by atoms with Gasteiger partial charge in [-0.3, -0.25) is 0 Å². The molecule has 2 nitrogen and oxygen atoms in total. The van der Waals surface area contributed by atoms with E-state index >= 15 is 0 Å². The highest BCUT2D eigenvalue weighted by molar-refractivity contribution is 6.30. The summed E-state index contributed by atoms with van der Waals surface area (Å²) in [5, 5.41) is 0.723. The Morgan fingerprint density at radius 3 is 2.20 bits per heavy atom. The molecule has 0 aliphatic rings. The van der Waals surface area contributed by atoms with Crippen LogP contribution < -0.4 is 0 Å². The van der Waals surface area contributed by atoms with Crippen molar-refractivity contribution < 1.29 is 4.42 Å². The zero-order valence-corrected chi connectivity index (χ0v) is 9.88. The molecule has 80 valence electrons. The van der Waals surface area contributed by atoms with Crippen LogP contribution in [-0.4, -0.2) is 4.98 Å². The molecule has 3 heteroatoms. The second kappa shape index (κ2) is 5.56. The fourth-order valence-electron chi connectivity index (χ4n) is 1.18. The van der Waals surface area contributed by atoms with Gasteiger partial charge in [0.15, 0.2) is 12.2 Å². The molecule has 1 aromatic carbocycles. The predicted molar refractivity (Wildman–Crippen MR) is 63.0 cm³/mol. The van der Waals surface area contributed by atoms with Crippen molar-refractivity contribution in [1.82, 2.24) is 4.98 Å². The van der Waals surface area contributed by atoms with Crippen LogP contribution in [0.4, 0.5) is 0 Å². The van der Waals surface area contributed by atoms with Crippen LogP contribution in [0.1, 0.15) is 19.5 Å². The minimum atomic E-state index is 0.723. The minimum absolute atomic E-state index is 0.723. The maximum absolute atomic E-state index is 5.77. The maximum Gasteiger partial charge on any atom is 0.181 e. The SMILES string of the molecule is CC.Cc1ncoc1-c1ccc(Cl)cc1. The molecule has 0 spiro atoms. The monoisotopic (exact) mass is 223 g/mol. The average Bonchev–Trinajstić information content (AvgIpc) is 2.69. The van der Waals surface area contributed by atoms with Gasteiger partial charge in [0.1, 0.15) is 0 Å². The van der Waals surface area contributed by atoms with E-state index in [4.69, 9.17) is 16.0 Å². The van der Waals surface area contributed by atoms with Crippen LogP contribution in [0.5, 0.6) is 0 Å². The van der Waals surface area contributed by atoms with Crippen LogP contribution >= 0.6 is 11.6 Å².